The molecule has 0 radical (unpaired) electrons. The second kappa shape index (κ2) is 11.0. The molecule has 0 unspecified atom stereocenters. The van der Waals surface area contributed by atoms with Gasteiger partial charge in [-0.1, -0.05) is 59.8 Å². The normalized spacial score (nSPS) is 18.4. The van der Waals surface area contributed by atoms with Gasteiger partial charge in [0.25, 0.3) is 0 Å². The van der Waals surface area contributed by atoms with Crippen LogP contribution in [0.3, 0.4) is 0 Å². The van der Waals surface area contributed by atoms with E-state index in [-0.39, 0.29) is 0 Å². The largest absolute Gasteiger partial charge is 0.333 e. The summed E-state index contributed by atoms with van der Waals surface area (Å²) in [6.45, 7) is 9.01. The quantitative estimate of drug-likeness (QED) is 0.670. The minimum atomic E-state index is 0.720. The Balaban J connectivity index is 0. The second-order valence-electron chi connectivity index (χ2n) is 4.43. The molecule has 1 aliphatic rings. The molecular weight excluding hydrogens is 170 g/mol. The molecule has 2 N–H and O–H groups in total. The number of nitrogens with two attached hydrogens (primary N) is 1. The predicted molar refractivity (Wildman–Crippen MR) is 67.6 cm³/mol. The van der Waals surface area contributed by atoms with Gasteiger partial charge < -0.3 is 5.73 Å². The lowest BCUT2D eigenvalue weighted by Gasteiger charge is -2.32. The van der Waals surface area contributed by atoms with E-state index in [0.29, 0.717) is 0 Å². The van der Waals surface area contributed by atoms with E-state index < -0.39 is 0 Å². The van der Waals surface area contributed by atoms with Crippen LogP contribution in [0.15, 0.2) is 0 Å². The van der Waals surface area contributed by atoms with E-state index >= 15 is 0 Å². The molecule has 0 aromatic carbocycles. The van der Waals surface area contributed by atoms with E-state index in [1.807, 2.05) is 0 Å². The summed E-state index contributed by atoms with van der Waals surface area (Å²) in [7, 11) is 1.50. The van der Waals surface area contributed by atoms with Crippen LogP contribution in [0.2, 0.25) is 0 Å². The van der Waals surface area contributed by atoms with Crippen LogP contribution in [0, 0.1) is 5.41 Å². The van der Waals surface area contributed by atoms with Crippen molar-refractivity contribution >= 4 is 0 Å². The summed E-state index contributed by atoms with van der Waals surface area (Å²) >= 11 is 0. The molecule has 0 aromatic rings. The van der Waals surface area contributed by atoms with Crippen molar-refractivity contribution < 1.29 is 0 Å². The fraction of sp³-hybridized carbons (Fsp3) is 1.00. The highest BCUT2D eigenvalue weighted by Gasteiger charge is 2.23. The van der Waals surface area contributed by atoms with Crippen molar-refractivity contribution in [3.63, 3.8) is 0 Å². The van der Waals surface area contributed by atoms with Crippen LogP contribution in [0.25, 0.3) is 0 Å². The van der Waals surface area contributed by atoms with Gasteiger partial charge in [0, 0.05) is 0 Å². The van der Waals surface area contributed by atoms with Gasteiger partial charge in [-0.25, -0.2) is 0 Å². The molecule has 0 bridgehead atoms. The third kappa shape index (κ3) is 8.55. The van der Waals surface area contributed by atoms with Crippen LogP contribution in [-0.2, 0) is 0 Å². The molecule has 1 nitrogen and oxygen atoms in total. The van der Waals surface area contributed by atoms with Gasteiger partial charge in [-0.15, -0.1) is 0 Å². The SMILES string of the molecule is CCC.CCC1(C)CCCCC1.CN. The summed E-state index contributed by atoms with van der Waals surface area (Å²) in [5.41, 5.74) is 5.22. The first-order valence-corrected chi connectivity index (χ1v) is 6.26. The maximum atomic E-state index is 4.50. The van der Waals surface area contributed by atoms with Gasteiger partial charge in [0.05, 0.1) is 0 Å². The molecule has 1 heteroatoms. The van der Waals surface area contributed by atoms with Gasteiger partial charge in [-0.05, 0) is 25.3 Å². The van der Waals surface area contributed by atoms with Gasteiger partial charge in [0.1, 0.15) is 0 Å². The Morgan fingerprint density at radius 2 is 1.29 bits per heavy atom. The van der Waals surface area contributed by atoms with Gasteiger partial charge in [0.2, 0.25) is 0 Å². The first-order valence-electron chi connectivity index (χ1n) is 6.26. The molecule has 14 heavy (non-hydrogen) atoms. The molecule has 0 heterocycles. The van der Waals surface area contributed by atoms with E-state index in [2.05, 4.69) is 33.4 Å². The summed E-state index contributed by atoms with van der Waals surface area (Å²) < 4.78 is 0. The Morgan fingerprint density at radius 3 is 1.50 bits per heavy atom. The highest BCUT2D eigenvalue weighted by molar-refractivity contribution is 4.76. The first-order chi connectivity index (χ1) is 6.68. The maximum absolute atomic E-state index is 4.50. The second-order valence-corrected chi connectivity index (χ2v) is 4.43. The molecule has 0 spiro atoms. The van der Waals surface area contributed by atoms with Crippen molar-refractivity contribution in [2.45, 2.75) is 72.6 Å². The highest BCUT2D eigenvalue weighted by Crippen LogP contribution is 2.37. The number of hydrogen-bond acceptors (Lipinski definition) is 1. The first kappa shape index (κ1) is 16.4. The maximum Gasteiger partial charge on any atom is -0.0195 e. The zero-order valence-corrected chi connectivity index (χ0v) is 11.0. The van der Waals surface area contributed by atoms with E-state index in [0.717, 1.165) is 5.41 Å². The monoisotopic (exact) mass is 201 g/mol. The van der Waals surface area contributed by atoms with Crippen molar-refractivity contribution in [3.05, 3.63) is 0 Å². The summed E-state index contributed by atoms with van der Waals surface area (Å²) in [5, 5.41) is 0. The lowest BCUT2D eigenvalue weighted by atomic mass is 9.74. The van der Waals surface area contributed by atoms with Crippen molar-refractivity contribution in [2.75, 3.05) is 7.05 Å². The van der Waals surface area contributed by atoms with Crippen LogP contribution in [0.5, 0.6) is 0 Å². The van der Waals surface area contributed by atoms with Crippen LogP contribution in [-0.4, -0.2) is 7.05 Å². The Bertz CT molecular complexity index is 93.4. The average Bonchev–Trinajstić information content (AvgIpc) is 2.23. The Hall–Kier alpha value is -0.0400. The van der Waals surface area contributed by atoms with Crippen LogP contribution in [0.1, 0.15) is 72.6 Å². The van der Waals surface area contributed by atoms with Gasteiger partial charge >= 0.3 is 0 Å². The standard InChI is InChI=1S/C9H18.C3H8.CH5N/c1-3-9(2)7-5-4-6-8-9;1-3-2;1-2/h3-8H2,1-2H3;3H2,1-2H3;2H2,1H3. The van der Waals surface area contributed by atoms with E-state index in [1.165, 1.54) is 52.0 Å². The minimum absolute atomic E-state index is 0.720. The molecule has 0 aromatic heterocycles. The topological polar surface area (TPSA) is 26.0 Å². The van der Waals surface area contributed by atoms with Crippen LogP contribution in [0.4, 0.5) is 0 Å². The minimum Gasteiger partial charge on any atom is -0.333 e. The smallest absolute Gasteiger partial charge is 0.0195 e. The molecule has 1 fully saturated rings. The summed E-state index contributed by atoms with van der Waals surface area (Å²) in [5.74, 6) is 0. The molecule has 1 aliphatic carbocycles. The average molecular weight is 201 g/mol. The Morgan fingerprint density at radius 1 is 0.929 bits per heavy atom. The highest BCUT2D eigenvalue weighted by atomic mass is 14.4. The van der Waals surface area contributed by atoms with Crippen molar-refractivity contribution in [2.24, 2.45) is 11.1 Å². The lowest BCUT2D eigenvalue weighted by molar-refractivity contribution is 0.208. The van der Waals surface area contributed by atoms with Crippen molar-refractivity contribution in [3.8, 4) is 0 Å². The Labute approximate surface area is 91.5 Å². The Kier molecular flexibility index (Phi) is 12.9. The predicted octanol–water partition coefficient (Wildman–Crippen LogP) is 4.36. The molecule has 0 atom stereocenters. The molecule has 1 saturated carbocycles. The fourth-order valence-electron chi connectivity index (χ4n) is 1.76. The van der Waals surface area contributed by atoms with Crippen LogP contribution >= 0.6 is 0 Å². The summed E-state index contributed by atoms with van der Waals surface area (Å²) in [6, 6.07) is 0. The van der Waals surface area contributed by atoms with Gasteiger partial charge in [-0.3, -0.25) is 0 Å². The number of rotatable bonds is 1. The van der Waals surface area contributed by atoms with Crippen molar-refractivity contribution in [1.82, 2.24) is 0 Å². The third-order valence-corrected chi connectivity index (χ3v) is 2.91. The molecular formula is C13H31N. The summed E-state index contributed by atoms with van der Waals surface area (Å²) in [6.07, 6.45) is 10.0. The lowest BCUT2D eigenvalue weighted by Crippen LogP contribution is -2.18. The van der Waals surface area contributed by atoms with Gasteiger partial charge in [0.15, 0.2) is 0 Å². The van der Waals surface area contributed by atoms with E-state index in [9.17, 15) is 0 Å². The fourth-order valence-corrected chi connectivity index (χ4v) is 1.76. The van der Waals surface area contributed by atoms with Crippen molar-refractivity contribution in [1.29, 1.82) is 0 Å². The molecule has 0 amide bonds. The van der Waals surface area contributed by atoms with E-state index in [1.54, 1.807) is 0 Å². The number of hydrogen-bond donors (Lipinski definition) is 1. The zero-order chi connectivity index (χ0) is 11.4. The third-order valence-electron chi connectivity index (χ3n) is 2.91. The summed E-state index contributed by atoms with van der Waals surface area (Å²) in [4.78, 5) is 0. The van der Waals surface area contributed by atoms with Gasteiger partial charge in [-0.2, -0.15) is 0 Å². The van der Waals surface area contributed by atoms with Crippen LogP contribution < -0.4 is 5.73 Å². The molecule has 0 aliphatic heterocycles. The molecule has 0 saturated heterocycles. The zero-order valence-electron chi connectivity index (χ0n) is 11.0. The van der Waals surface area contributed by atoms with E-state index in [4.69, 9.17) is 0 Å². The molecule has 1 rings (SSSR count). The molecule has 88 valence electrons.